The zero-order valence-corrected chi connectivity index (χ0v) is 20.5. The first-order valence-electron chi connectivity index (χ1n) is 11.8. The molecule has 2 amide bonds. The number of nitrogens with one attached hydrogen (secondary N) is 1. The highest BCUT2D eigenvalue weighted by molar-refractivity contribution is 8.00. The minimum Gasteiger partial charge on any atom is -0.307 e. The topological polar surface area (TPSA) is 70.2 Å². The number of imide groups is 1. The van der Waals surface area contributed by atoms with Gasteiger partial charge in [-0.1, -0.05) is 29.5 Å². The van der Waals surface area contributed by atoms with Crippen molar-refractivity contribution in [2.75, 3.05) is 4.90 Å². The molecule has 5 unspecified atom stereocenters. The van der Waals surface area contributed by atoms with E-state index < -0.39 is 35.4 Å². The molecule has 2 aromatic carbocycles. The highest BCUT2D eigenvalue weighted by Gasteiger charge is 2.69. The van der Waals surface area contributed by atoms with E-state index in [1.54, 1.807) is 12.1 Å². The maximum atomic E-state index is 13.7. The summed E-state index contributed by atoms with van der Waals surface area (Å²) in [5, 5.41) is 0.679. The molecule has 3 aromatic rings. The number of benzene rings is 2. The molecule has 0 radical (unpaired) electrons. The second kappa shape index (κ2) is 7.80. The Morgan fingerprint density at radius 2 is 1.65 bits per heavy atom. The number of aromatic amines is 1. The Bertz CT molecular complexity index is 1510. The second-order valence-corrected chi connectivity index (χ2v) is 12.3. The van der Waals surface area contributed by atoms with Gasteiger partial charge >= 0.3 is 11.0 Å². The first-order valence-corrected chi connectivity index (χ1v) is 13.5. The molecule has 2 saturated carbocycles. The van der Waals surface area contributed by atoms with Crippen molar-refractivity contribution in [1.82, 2.24) is 4.98 Å². The number of thiazole rings is 1. The van der Waals surface area contributed by atoms with Crippen molar-refractivity contribution in [3.05, 3.63) is 80.0 Å². The van der Waals surface area contributed by atoms with Crippen LogP contribution < -0.4 is 9.77 Å². The van der Waals surface area contributed by atoms with Crippen LogP contribution in [0.3, 0.4) is 0 Å². The minimum absolute atomic E-state index is 0.0581. The second-order valence-electron chi connectivity index (χ2n) is 10.1. The number of thioether (sulfide) groups is 1. The number of anilines is 1. The minimum atomic E-state index is -4.60. The van der Waals surface area contributed by atoms with E-state index >= 15 is 0 Å². The molecule has 37 heavy (non-hydrogen) atoms. The van der Waals surface area contributed by atoms with Gasteiger partial charge in [0.1, 0.15) is 5.82 Å². The number of fused-ring (bicyclic) bond motifs is 9. The molecule has 1 aromatic heterocycles. The molecule has 3 heterocycles. The summed E-state index contributed by atoms with van der Waals surface area (Å²) < 4.78 is 53.7. The number of aromatic nitrogens is 1. The van der Waals surface area contributed by atoms with Gasteiger partial charge in [-0.2, -0.15) is 13.2 Å². The van der Waals surface area contributed by atoms with Crippen LogP contribution in [-0.4, -0.2) is 22.0 Å². The monoisotopic (exact) mass is 546 g/mol. The van der Waals surface area contributed by atoms with Crippen LogP contribution in [0, 0.1) is 35.4 Å². The van der Waals surface area contributed by atoms with E-state index in [-0.39, 0.29) is 45.3 Å². The zero-order chi connectivity index (χ0) is 25.8. The first-order chi connectivity index (χ1) is 17.6. The molecular weight excluding hydrogens is 528 g/mol. The maximum absolute atomic E-state index is 13.7. The molecule has 5 nitrogen and oxygen atoms in total. The molecule has 3 fully saturated rings. The molecule has 190 valence electrons. The average molecular weight is 547 g/mol. The van der Waals surface area contributed by atoms with Crippen LogP contribution in [0.2, 0.25) is 0 Å². The van der Waals surface area contributed by atoms with Crippen LogP contribution in [0.4, 0.5) is 23.2 Å². The molecule has 2 aliphatic carbocycles. The third-order valence-electron chi connectivity index (χ3n) is 8.38. The molecule has 11 heteroatoms. The van der Waals surface area contributed by atoms with E-state index in [0.717, 1.165) is 43.8 Å². The molecule has 1 saturated heterocycles. The van der Waals surface area contributed by atoms with Gasteiger partial charge in [-0.05, 0) is 60.1 Å². The normalized spacial score (nSPS) is 32.0. The molecule has 2 bridgehead atoms. The van der Waals surface area contributed by atoms with Gasteiger partial charge in [0.25, 0.3) is 0 Å². The Kier molecular flexibility index (Phi) is 4.89. The van der Waals surface area contributed by atoms with Gasteiger partial charge in [0, 0.05) is 16.0 Å². The smallest absolute Gasteiger partial charge is 0.307 e. The summed E-state index contributed by atoms with van der Waals surface area (Å²) in [6.07, 6.45) is -3.94. The summed E-state index contributed by atoms with van der Waals surface area (Å²) in [7, 11) is 0. The number of amides is 2. The third-order valence-corrected chi connectivity index (χ3v) is 11.0. The van der Waals surface area contributed by atoms with Gasteiger partial charge in [0.05, 0.1) is 28.1 Å². The van der Waals surface area contributed by atoms with E-state index in [1.807, 2.05) is 0 Å². The number of rotatable bonds is 2. The fourth-order valence-corrected chi connectivity index (χ4v) is 10.0. The Morgan fingerprint density at radius 1 is 0.946 bits per heavy atom. The number of nitrogens with zero attached hydrogens (tertiary/aromatic N) is 1. The molecular formula is C26H18F4N2O3S2. The SMILES string of the molecule is O=C1C2C(C(=O)N1c1cccc(C(F)(F)F)c1)[C@@H]1C[C@H]2C2Sc3[nH]c(=O)sc3C(c3ccc(F)cc3)C21. The molecule has 4 aliphatic rings. The summed E-state index contributed by atoms with van der Waals surface area (Å²) in [4.78, 5) is 44.0. The summed E-state index contributed by atoms with van der Waals surface area (Å²) >= 11 is 2.63. The predicted molar refractivity (Wildman–Crippen MR) is 129 cm³/mol. The fourth-order valence-electron chi connectivity index (χ4n) is 7.14. The number of halogens is 4. The molecule has 2 aliphatic heterocycles. The van der Waals surface area contributed by atoms with Crippen LogP contribution in [0.5, 0.6) is 0 Å². The summed E-state index contributed by atoms with van der Waals surface area (Å²) in [6.45, 7) is 0. The lowest BCUT2D eigenvalue weighted by atomic mass is 9.68. The van der Waals surface area contributed by atoms with Crippen molar-refractivity contribution in [3.63, 3.8) is 0 Å². The van der Waals surface area contributed by atoms with E-state index in [0.29, 0.717) is 6.42 Å². The number of H-pyrrole nitrogens is 1. The predicted octanol–water partition coefficient (Wildman–Crippen LogP) is 5.27. The van der Waals surface area contributed by atoms with Crippen molar-refractivity contribution in [2.45, 2.75) is 28.8 Å². The zero-order valence-electron chi connectivity index (χ0n) is 18.9. The van der Waals surface area contributed by atoms with Crippen LogP contribution in [0.1, 0.15) is 28.3 Å². The van der Waals surface area contributed by atoms with Crippen LogP contribution in [0.25, 0.3) is 0 Å². The Balaban J connectivity index is 1.30. The Morgan fingerprint density at radius 3 is 2.35 bits per heavy atom. The summed E-state index contributed by atoms with van der Waals surface area (Å²) in [5.74, 6) is -3.19. The highest BCUT2D eigenvalue weighted by Crippen LogP contribution is 2.68. The van der Waals surface area contributed by atoms with Gasteiger partial charge in [-0.3, -0.25) is 19.3 Å². The molecule has 7 atom stereocenters. The van der Waals surface area contributed by atoms with Crippen LogP contribution >= 0.6 is 23.1 Å². The largest absolute Gasteiger partial charge is 0.416 e. The Hall–Kier alpha value is -2.92. The average Bonchev–Trinajstić information content (AvgIpc) is 3.58. The van der Waals surface area contributed by atoms with Gasteiger partial charge < -0.3 is 4.98 Å². The van der Waals surface area contributed by atoms with Gasteiger partial charge in [-0.25, -0.2) is 4.39 Å². The van der Waals surface area contributed by atoms with E-state index in [2.05, 4.69) is 4.98 Å². The highest BCUT2D eigenvalue weighted by atomic mass is 32.2. The van der Waals surface area contributed by atoms with E-state index in [4.69, 9.17) is 0 Å². The molecule has 0 spiro atoms. The number of alkyl halides is 3. The van der Waals surface area contributed by atoms with Crippen molar-refractivity contribution >= 4 is 40.6 Å². The first kappa shape index (κ1) is 23.2. The lowest BCUT2D eigenvalue weighted by Gasteiger charge is -2.43. The standard InChI is InChI=1S/C26H18F4N2O3S2/c27-12-6-4-10(5-7-12)16-17-14-9-15(20(17)36-22-21(16)37-25(35)31-22)19-18(14)23(33)32(24(19)34)13-3-1-2-11(8-13)26(28,29)30/h1-8,14-20H,9H2,(H,31,35)/t14-,15-,16?,17?,18?,19?,20?/m1/s1. The van der Waals surface area contributed by atoms with Crippen LogP contribution in [-0.2, 0) is 15.8 Å². The van der Waals surface area contributed by atoms with Crippen LogP contribution in [0.15, 0.2) is 58.4 Å². The van der Waals surface area contributed by atoms with Gasteiger partial charge in [0.2, 0.25) is 11.8 Å². The third kappa shape index (κ3) is 3.26. The lowest BCUT2D eigenvalue weighted by molar-refractivity contribution is -0.137. The lowest BCUT2D eigenvalue weighted by Crippen LogP contribution is -2.42. The van der Waals surface area contributed by atoms with Gasteiger partial charge in [-0.15, -0.1) is 11.8 Å². The van der Waals surface area contributed by atoms with E-state index in [1.165, 1.54) is 36.0 Å². The summed E-state index contributed by atoms with van der Waals surface area (Å²) in [5.41, 5.74) is -0.142. The number of carbonyl (C=O) groups is 2. The van der Waals surface area contributed by atoms with Crippen molar-refractivity contribution in [3.8, 4) is 0 Å². The van der Waals surface area contributed by atoms with Gasteiger partial charge in [0.15, 0.2) is 0 Å². The molecule has 7 rings (SSSR count). The van der Waals surface area contributed by atoms with Crippen molar-refractivity contribution in [2.24, 2.45) is 29.6 Å². The molecule has 1 N–H and O–H groups in total. The van der Waals surface area contributed by atoms with E-state index in [9.17, 15) is 31.9 Å². The Labute approximate surface area is 215 Å². The quantitative estimate of drug-likeness (QED) is 0.351. The number of carbonyl (C=O) groups excluding carboxylic acids is 2. The maximum Gasteiger partial charge on any atom is 0.416 e. The number of hydrogen-bond acceptors (Lipinski definition) is 5. The van der Waals surface area contributed by atoms with Crippen molar-refractivity contribution < 1.29 is 27.2 Å². The van der Waals surface area contributed by atoms with Crippen molar-refractivity contribution in [1.29, 1.82) is 0 Å². The number of hydrogen-bond donors (Lipinski definition) is 1. The fraction of sp³-hybridized carbons (Fsp3) is 0.346. The summed E-state index contributed by atoms with van der Waals surface area (Å²) in [6, 6.07) is 10.5.